The third-order valence-corrected chi connectivity index (χ3v) is 2.35. The van der Waals surface area contributed by atoms with Crippen molar-refractivity contribution in [1.82, 2.24) is 14.8 Å². The van der Waals surface area contributed by atoms with Gasteiger partial charge in [0.05, 0.1) is 12.4 Å². The molecule has 0 saturated heterocycles. The molecule has 0 amide bonds. The fraction of sp³-hybridized carbons (Fsp3) is 0.200. The first kappa shape index (κ1) is 10.1. The molecule has 1 aromatic carbocycles. The number of nitrogens with zero attached hydrogens (tertiary/aromatic N) is 3. The van der Waals surface area contributed by atoms with Crippen LogP contribution in [-0.4, -0.2) is 14.8 Å². The van der Waals surface area contributed by atoms with E-state index in [-0.39, 0.29) is 11.7 Å². The molecule has 0 N–H and O–H groups in total. The number of alkyl halides is 1. The Labute approximate surface area is 91.5 Å². The Balaban J connectivity index is 2.26. The topological polar surface area (TPSA) is 30.7 Å². The van der Waals surface area contributed by atoms with Gasteiger partial charge in [0.2, 0.25) is 0 Å². The van der Waals surface area contributed by atoms with Crippen molar-refractivity contribution in [2.75, 3.05) is 0 Å². The molecule has 0 aliphatic rings. The summed E-state index contributed by atoms with van der Waals surface area (Å²) in [6.45, 7) is 0.404. The van der Waals surface area contributed by atoms with E-state index in [4.69, 9.17) is 11.6 Å². The van der Waals surface area contributed by atoms with Crippen LogP contribution in [0.1, 0.15) is 11.4 Å². The van der Waals surface area contributed by atoms with Gasteiger partial charge in [-0.15, -0.1) is 21.8 Å². The van der Waals surface area contributed by atoms with Crippen molar-refractivity contribution >= 4 is 11.6 Å². The van der Waals surface area contributed by atoms with Crippen molar-refractivity contribution in [2.45, 2.75) is 12.4 Å². The molecule has 0 aliphatic heterocycles. The summed E-state index contributed by atoms with van der Waals surface area (Å²) in [6, 6.07) is 6.62. The normalized spacial score (nSPS) is 10.5. The van der Waals surface area contributed by atoms with Crippen molar-refractivity contribution in [1.29, 1.82) is 0 Å². The van der Waals surface area contributed by atoms with Crippen LogP contribution in [0.2, 0.25) is 0 Å². The number of benzene rings is 1. The maximum atomic E-state index is 13.3. The second-order valence-corrected chi connectivity index (χ2v) is 3.37. The minimum atomic E-state index is -0.230. The number of halogens is 2. The van der Waals surface area contributed by atoms with Gasteiger partial charge in [-0.2, -0.15) is 0 Å². The quantitative estimate of drug-likeness (QED) is 0.750. The highest BCUT2D eigenvalue weighted by atomic mass is 35.5. The highest BCUT2D eigenvalue weighted by Gasteiger charge is 2.06. The molecule has 5 heteroatoms. The molecule has 2 rings (SSSR count). The summed E-state index contributed by atoms with van der Waals surface area (Å²) >= 11 is 5.66. The zero-order chi connectivity index (χ0) is 10.7. The Morgan fingerprint density at radius 3 is 2.87 bits per heavy atom. The van der Waals surface area contributed by atoms with E-state index in [0.29, 0.717) is 17.9 Å². The molecular weight excluding hydrogens is 217 g/mol. The monoisotopic (exact) mass is 225 g/mol. The Hall–Kier alpha value is -1.42. The fourth-order valence-electron chi connectivity index (χ4n) is 1.32. The molecule has 0 spiro atoms. The van der Waals surface area contributed by atoms with Crippen LogP contribution in [0.3, 0.4) is 0 Å². The van der Waals surface area contributed by atoms with Gasteiger partial charge in [0, 0.05) is 5.56 Å². The molecule has 1 aromatic heterocycles. The van der Waals surface area contributed by atoms with Gasteiger partial charge in [0.15, 0.2) is 0 Å². The molecule has 2 aromatic rings. The summed E-state index contributed by atoms with van der Waals surface area (Å²) in [5.74, 6) is 0.681. The minimum Gasteiger partial charge on any atom is -0.312 e. The van der Waals surface area contributed by atoms with E-state index in [2.05, 4.69) is 10.2 Å². The van der Waals surface area contributed by atoms with Crippen molar-refractivity contribution < 1.29 is 4.39 Å². The molecule has 3 nitrogen and oxygen atoms in total. The fourth-order valence-corrected chi connectivity index (χ4v) is 1.53. The average molecular weight is 226 g/mol. The first-order valence-electron chi connectivity index (χ1n) is 4.47. The lowest BCUT2D eigenvalue weighted by atomic mass is 10.2. The smallest absolute Gasteiger partial charge is 0.148 e. The summed E-state index contributed by atoms with van der Waals surface area (Å²) in [6.07, 6.45) is 1.55. The van der Waals surface area contributed by atoms with Gasteiger partial charge in [0.25, 0.3) is 0 Å². The van der Waals surface area contributed by atoms with Gasteiger partial charge < -0.3 is 4.57 Å². The molecule has 0 aliphatic carbocycles. The van der Waals surface area contributed by atoms with Crippen LogP contribution in [0.5, 0.6) is 0 Å². The van der Waals surface area contributed by atoms with Crippen LogP contribution in [0, 0.1) is 5.82 Å². The molecule has 0 atom stereocenters. The van der Waals surface area contributed by atoms with Crippen LogP contribution in [0.25, 0.3) is 0 Å². The second-order valence-electron chi connectivity index (χ2n) is 3.10. The zero-order valence-corrected chi connectivity index (χ0v) is 8.65. The Bertz CT molecular complexity index is 455. The van der Waals surface area contributed by atoms with Gasteiger partial charge in [-0.1, -0.05) is 18.2 Å². The van der Waals surface area contributed by atoms with Crippen molar-refractivity contribution in [3.8, 4) is 0 Å². The Morgan fingerprint density at radius 1 is 1.33 bits per heavy atom. The number of hydrogen-bond donors (Lipinski definition) is 0. The molecule has 78 valence electrons. The number of rotatable bonds is 3. The van der Waals surface area contributed by atoms with E-state index in [1.54, 1.807) is 29.1 Å². The van der Waals surface area contributed by atoms with Gasteiger partial charge in [-0.3, -0.25) is 0 Å². The van der Waals surface area contributed by atoms with Crippen molar-refractivity contribution in [3.63, 3.8) is 0 Å². The standard InChI is InChI=1S/C10H9ClFN3/c11-5-10-14-13-7-15(10)6-8-3-1-2-4-9(8)12/h1-4,7H,5-6H2. The predicted molar refractivity (Wildman–Crippen MR) is 55.1 cm³/mol. The van der Waals surface area contributed by atoms with E-state index < -0.39 is 0 Å². The summed E-state index contributed by atoms with van der Waals surface area (Å²) in [5.41, 5.74) is 0.601. The highest BCUT2D eigenvalue weighted by Crippen LogP contribution is 2.10. The zero-order valence-electron chi connectivity index (χ0n) is 7.90. The first-order chi connectivity index (χ1) is 7.31. The van der Waals surface area contributed by atoms with Gasteiger partial charge in [-0.25, -0.2) is 4.39 Å². The van der Waals surface area contributed by atoms with Crippen LogP contribution in [0.15, 0.2) is 30.6 Å². The van der Waals surface area contributed by atoms with Gasteiger partial charge >= 0.3 is 0 Å². The summed E-state index contributed by atoms with van der Waals surface area (Å²) < 4.78 is 15.1. The summed E-state index contributed by atoms with van der Waals surface area (Å²) in [7, 11) is 0. The maximum absolute atomic E-state index is 13.3. The molecule has 1 heterocycles. The van der Waals surface area contributed by atoms with E-state index >= 15 is 0 Å². The Morgan fingerprint density at radius 2 is 2.13 bits per heavy atom. The summed E-state index contributed by atoms with van der Waals surface area (Å²) in [5, 5.41) is 7.54. The Kier molecular flexibility index (Phi) is 2.97. The first-order valence-corrected chi connectivity index (χ1v) is 5.01. The minimum absolute atomic E-state index is 0.230. The van der Waals surface area contributed by atoms with E-state index in [1.807, 2.05) is 0 Å². The average Bonchev–Trinajstić information content (AvgIpc) is 2.69. The lowest BCUT2D eigenvalue weighted by Gasteiger charge is -2.05. The lowest BCUT2D eigenvalue weighted by molar-refractivity contribution is 0.596. The van der Waals surface area contributed by atoms with Crippen LogP contribution < -0.4 is 0 Å². The molecule has 15 heavy (non-hydrogen) atoms. The molecule has 0 bridgehead atoms. The number of aromatic nitrogens is 3. The van der Waals surface area contributed by atoms with Gasteiger partial charge in [-0.05, 0) is 6.07 Å². The third-order valence-electron chi connectivity index (χ3n) is 2.11. The molecule has 0 fully saturated rings. The molecule has 0 unspecified atom stereocenters. The van der Waals surface area contributed by atoms with Crippen LogP contribution in [-0.2, 0) is 12.4 Å². The van der Waals surface area contributed by atoms with Crippen LogP contribution >= 0.6 is 11.6 Å². The van der Waals surface area contributed by atoms with E-state index in [0.717, 1.165) is 0 Å². The van der Waals surface area contributed by atoms with Crippen molar-refractivity contribution in [3.05, 3.63) is 47.8 Å². The van der Waals surface area contributed by atoms with E-state index in [9.17, 15) is 4.39 Å². The number of hydrogen-bond acceptors (Lipinski definition) is 2. The molecule has 0 radical (unpaired) electrons. The maximum Gasteiger partial charge on any atom is 0.148 e. The lowest BCUT2D eigenvalue weighted by Crippen LogP contribution is -2.04. The third kappa shape index (κ3) is 2.15. The molecule has 0 saturated carbocycles. The molecular formula is C10H9ClFN3. The summed E-state index contributed by atoms with van der Waals surface area (Å²) in [4.78, 5) is 0. The van der Waals surface area contributed by atoms with Gasteiger partial charge in [0.1, 0.15) is 18.0 Å². The van der Waals surface area contributed by atoms with Crippen molar-refractivity contribution in [2.24, 2.45) is 0 Å². The SMILES string of the molecule is Fc1ccccc1Cn1cnnc1CCl. The predicted octanol–water partition coefficient (Wildman–Crippen LogP) is 2.20. The largest absolute Gasteiger partial charge is 0.312 e. The highest BCUT2D eigenvalue weighted by molar-refractivity contribution is 6.16. The second kappa shape index (κ2) is 4.40. The van der Waals surface area contributed by atoms with E-state index in [1.165, 1.54) is 6.07 Å². The van der Waals surface area contributed by atoms with Crippen LogP contribution in [0.4, 0.5) is 4.39 Å².